The predicted octanol–water partition coefficient (Wildman–Crippen LogP) is 1.48. The van der Waals surface area contributed by atoms with Gasteiger partial charge in [-0.2, -0.15) is 0 Å². The van der Waals surface area contributed by atoms with Crippen molar-refractivity contribution in [3.05, 3.63) is 59.4 Å². The van der Waals surface area contributed by atoms with E-state index < -0.39 is 11.6 Å². The second kappa shape index (κ2) is 4.86. The standard InChI is InChI=1S/C16H15NO4/c1-21-15(19)16(20)9-10-17-12(7-8-13(16)17)14(18)11-5-3-2-4-6-11/h2-8,20H,9-10H2,1H3/t16-/m0/s1. The summed E-state index contributed by atoms with van der Waals surface area (Å²) in [5.74, 6) is -0.825. The fourth-order valence-electron chi connectivity index (χ4n) is 2.78. The number of ketones is 1. The van der Waals surface area contributed by atoms with E-state index in [4.69, 9.17) is 0 Å². The van der Waals surface area contributed by atoms with Crippen molar-refractivity contribution in [3.63, 3.8) is 0 Å². The van der Waals surface area contributed by atoms with E-state index >= 15 is 0 Å². The molecule has 0 aliphatic carbocycles. The van der Waals surface area contributed by atoms with Crippen LogP contribution >= 0.6 is 0 Å². The number of rotatable bonds is 3. The lowest BCUT2D eigenvalue weighted by Crippen LogP contribution is -2.34. The number of aromatic nitrogens is 1. The number of ether oxygens (including phenoxy) is 1. The lowest BCUT2D eigenvalue weighted by molar-refractivity contribution is -0.163. The van der Waals surface area contributed by atoms with Gasteiger partial charge in [-0.05, 0) is 12.1 Å². The molecule has 2 heterocycles. The van der Waals surface area contributed by atoms with Crippen LogP contribution in [0.1, 0.15) is 28.2 Å². The van der Waals surface area contributed by atoms with Crippen LogP contribution < -0.4 is 0 Å². The minimum absolute atomic E-state index is 0.129. The minimum atomic E-state index is -1.66. The molecule has 0 unspecified atom stereocenters. The van der Waals surface area contributed by atoms with Crippen molar-refractivity contribution in [1.29, 1.82) is 0 Å². The quantitative estimate of drug-likeness (QED) is 0.685. The average molecular weight is 285 g/mol. The summed E-state index contributed by atoms with van der Waals surface area (Å²) in [6, 6.07) is 12.2. The van der Waals surface area contributed by atoms with Crippen molar-refractivity contribution < 1.29 is 19.4 Å². The molecule has 0 spiro atoms. The lowest BCUT2D eigenvalue weighted by Gasteiger charge is -2.18. The highest BCUT2D eigenvalue weighted by atomic mass is 16.5. The van der Waals surface area contributed by atoms with E-state index in [2.05, 4.69) is 4.74 Å². The molecule has 0 bridgehead atoms. The van der Waals surface area contributed by atoms with E-state index in [0.717, 1.165) is 0 Å². The SMILES string of the molecule is COC(=O)[C@]1(O)CCn2c(C(=O)c3ccccc3)ccc21. The van der Waals surface area contributed by atoms with E-state index in [-0.39, 0.29) is 12.2 Å². The summed E-state index contributed by atoms with van der Waals surface area (Å²) >= 11 is 0. The summed E-state index contributed by atoms with van der Waals surface area (Å²) in [6.45, 7) is 0.405. The third-order valence-corrected chi connectivity index (χ3v) is 3.89. The summed E-state index contributed by atoms with van der Waals surface area (Å²) in [5, 5.41) is 10.5. The molecule has 0 radical (unpaired) electrons. The molecular formula is C16H15NO4. The third-order valence-electron chi connectivity index (χ3n) is 3.89. The molecule has 0 amide bonds. The molecule has 5 nitrogen and oxygen atoms in total. The summed E-state index contributed by atoms with van der Waals surface area (Å²) < 4.78 is 6.35. The van der Waals surface area contributed by atoms with E-state index in [1.54, 1.807) is 41.0 Å². The highest BCUT2D eigenvalue weighted by Crippen LogP contribution is 2.35. The first kappa shape index (κ1) is 13.6. The topological polar surface area (TPSA) is 68.5 Å². The maximum Gasteiger partial charge on any atom is 0.344 e. The van der Waals surface area contributed by atoms with E-state index in [9.17, 15) is 14.7 Å². The maximum absolute atomic E-state index is 12.5. The Kier molecular flexibility index (Phi) is 3.14. The number of carbonyl (C=O) groups excluding carboxylic acids is 2. The molecule has 1 aliphatic heterocycles. The molecule has 0 saturated carbocycles. The molecule has 3 rings (SSSR count). The van der Waals surface area contributed by atoms with Gasteiger partial charge in [0, 0.05) is 18.5 Å². The van der Waals surface area contributed by atoms with Crippen molar-refractivity contribution in [2.24, 2.45) is 0 Å². The molecule has 1 atom stereocenters. The van der Waals surface area contributed by atoms with Gasteiger partial charge >= 0.3 is 5.97 Å². The second-order valence-corrected chi connectivity index (χ2v) is 5.05. The van der Waals surface area contributed by atoms with Gasteiger partial charge < -0.3 is 14.4 Å². The monoisotopic (exact) mass is 285 g/mol. The predicted molar refractivity (Wildman–Crippen MR) is 74.8 cm³/mol. The van der Waals surface area contributed by atoms with E-state index in [0.29, 0.717) is 23.5 Å². The molecule has 1 aliphatic rings. The number of hydrogen-bond donors (Lipinski definition) is 1. The molecule has 2 aromatic rings. The number of fused-ring (bicyclic) bond motifs is 1. The fraction of sp³-hybridized carbons (Fsp3) is 0.250. The summed E-state index contributed by atoms with van der Waals surface area (Å²) in [7, 11) is 1.24. The molecule has 0 fully saturated rings. The van der Waals surface area contributed by atoms with Crippen LogP contribution in [0, 0.1) is 0 Å². The molecule has 0 saturated heterocycles. The molecule has 1 aromatic carbocycles. The number of methoxy groups -OCH3 is 1. The van der Waals surface area contributed by atoms with Gasteiger partial charge in [-0.15, -0.1) is 0 Å². The van der Waals surface area contributed by atoms with Crippen molar-refractivity contribution >= 4 is 11.8 Å². The molecule has 5 heteroatoms. The number of carbonyl (C=O) groups is 2. The zero-order valence-electron chi connectivity index (χ0n) is 11.6. The van der Waals surface area contributed by atoms with E-state index in [1.165, 1.54) is 7.11 Å². The van der Waals surface area contributed by atoms with Gasteiger partial charge in [0.1, 0.15) is 0 Å². The second-order valence-electron chi connectivity index (χ2n) is 5.05. The van der Waals surface area contributed by atoms with E-state index in [1.807, 2.05) is 6.07 Å². The Labute approximate surface area is 121 Å². The Morgan fingerprint density at radius 2 is 1.90 bits per heavy atom. The van der Waals surface area contributed by atoms with Crippen LogP contribution in [0.5, 0.6) is 0 Å². The van der Waals surface area contributed by atoms with Crippen molar-refractivity contribution in [2.45, 2.75) is 18.6 Å². The van der Waals surface area contributed by atoms with Crippen LogP contribution in [-0.4, -0.2) is 28.5 Å². The van der Waals surface area contributed by atoms with Crippen molar-refractivity contribution in [2.75, 3.05) is 7.11 Å². The fourth-order valence-corrected chi connectivity index (χ4v) is 2.78. The van der Waals surface area contributed by atoms with Gasteiger partial charge in [-0.3, -0.25) is 4.79 Å². The van der Waals surface area contributed by atoms with Gasteiger partial charge in [-0.1, -0.05) is 30.3 Å². The number of aliphatic hydroxyl groups is 1. The number of esters is 1. The van der Waals surface area contributed by atoms with Crippen LogP contribution in [0.15, 0.2) is 42.5 Å². The van der Waals surface area contributed by atoms with Crippen LogP contribution in [0.3, 0.4) is 0 Å². The van der Waals surface area contributed by atoms with Gasteiger partial charge in [0.05, 0.1) is 18.5 Å². The zero-order valence-corrected chi connectivity index (χ0v) is 11.6. The van der Waals surface area contributed by atoms with Crippen LogP contribution in [0.4, 0.5) is 0 Å². The Bertz CT molecular complexity index is 704. The smallest absolute Gasteiger partial charge is 0.344 e. The maximum atomic E-state index is 12.5. The summed E-state index contributed by atoms with van der Waals surface area (Å²) in [5.41, 5.74) is -0.208. The lowest BCUT2D eigenvalue weighted by atomic mass is 9.99. The number of benzene rings is 1. The molecular weight excluding hydrogens is 270 g/mol. The minimum Gasteiger partial charge on any atom is -0.467 e. The van der Waals surface area contributed by atoms with Gasteiger partial charge in [0.15, 0.2) is 0 Å². The van der Waals surface area contributed by atoms with Gasteiger partial charge in [0.25, 0.3) is 0 Å². The summed E-state index contributed by atoms with van der Waals surface area (Å²) in [6.07, 6.45) is 0.213. The van der Waals surface area contributed by atoms with Crippen LogP contribution in [0.2, 0.25) is 0 Å². The number of nitrogens with zero attached hydrogens (tertiary/aromatic N) is 1. The normalized spacial score (nSPS) is 20.1. The highest BCUT2D eigenvalue weighted by molar-refractivity contribution is 6.08. The summed E-state index contributed by atoms with van der Waals surface area (Å²) in [4.78, 5) is 24.3. The third kappa shape index (κ3) is 1.97. The van der Waals surface area contributed by atoms with Crippen LogP contribution in [-0.2, 0) is 21.7 Å². The Hall–Kier alpha value is -2.40. The van der Waals surface area contributed by atoms with Crippen LogP contribution in [0.25, 0.3) is 0 Å². The molecule has 1 aromatic heterocycles. The largest absolute Gasteiger partial charge is 0.467 e. The Morgan fingerprint density at radius 1 is 1.19 bits per heavy atom. The average Bonchev–Trinajstić information content (AvgIpc) is 3.09. The Morgan fingerprint density at radius 3 is 2.57 bits per heavy atom. The number of hydrogen-bond acceptors (Lipinski definition) is 4. The van der Waals surface area contributed by atoms with Gasteiger partial charge in [-0.25, -0.2) is 4.79 Å². The van der Waals surface area contributed by atoms with Gasteiger partial charge in [0.2, 0.25) is 11.4 Å². The molecule has 1 N–H and O–H groups in total. The first-order valence-electron chi connectivity index (χ1n) is 6.68. The van der Waals surface area contributed by atoms with Crippen molar-refractivity contribution in [1.82, 2.24) is 4.57 Å². The first-order chi connectivity index (χ1) is 10.1. The molecule has 21 heavy (non-hydrogen) atoms. The highest BCUT2D eigenvalue weighted by Gasteiger charge is 2.46. The zero-order chi connectivity index (χ0) is 15.0. The molecule has 108 valence electrons. The van der Waals surface area contributed by atoms with Crippen molar-refractivity contribution in [3.8, 4) is 0 Å². The Balaban J connectivity index is 2.01. The first-order valence-corrected chi connectivity index (χ1v) is 6.68.